The molecule has 0 amide bonds. The lowest BCUT2D eigenvalue weighted by Gasteiger charge is -2.19. The topological polar surface area (TPSA) is 38.9 Å². The first-order chi connectivity index (χ1) is 7.57. The third kappa shape index (κ3) is 3.29. The molecular formula is C14H17ClN2. The highest BCUT2D eigenvalue weighted by Gasteiger charge is 2.13. The van der Waals surface area contributed by atoms with Gasteiger partial charge < -0.3 is 5.73 Å². The molecule has 0 atom stereocenters. The third-order valence-corrected chi connectivity index (χ3v) is 2.62. The van der Waals surface area contributed by atoms with Crippen molar-refractivity contribution in [2.45, 2.75) is 19.4 Å². The zero-order valence-electron chi connectivity index (χ0n) is 10.1. The molecule has 0 aliphatic heterocycles. The summed E-state index contributed by atoms with van der Waals surface area (Å²) in [7, 11) is 0. The number of halogens is 1. The van der Waals surface area contributed by atoms with Crippen LogP contribution in [0.2, 0.25) is 0 Å². The van der Waals surface area contributed by atoms with E-state index >= 15 is 0 Å². The molecule has 2 nitrogen and oxygen atoms in total. The fourth-order valence-corrected chi connectivity index (χ4v) is 1.63. The summed E-state index contributed by atoms with van der Waals surface area (Å²) >= 11 is 0. The maximum Gasteiger partial charge on any atom is 0.0352 e. The number of hydrogen-bond donors (Lipinski definition) is 1. The van der Waals surface area contributed by atoms with Crippen molar-refractivity contribution in [2.24, 2.45) is 5.73 Å². The molecule has 0 aliphatic carbocycles. The van der Waals surface area contributed by atoms with E-state index in [9.17, 15) is 0 Å². The van der Waals surface area contributed by atoms with Gasteiger partial charge in [0.15, 0.2) is 0 Å². The first-order valence-corrected chi connectivity index (χ1v) is 5.37. The molecule has 0 saturated heterocycles. The predicted octanol–water partition coefficient (Wildman–Crippen LogP) is 3.36. The highest BCUT2D eigenvalue weighted by atomic mass is 35.5. The maximum atomic E-state index is 6.03. The monoisotopic (exact) mass is 248 g/mol. The van der Waals surface area contributed by atoms with Crippen molar-refractivity contribution in [2.75, 3.05) is 0 Å². The van der Waals surface area contributed by atoms with E-state index in [0.29, 0.717) is 0 Å². The molecule has 0 radical (unpaired) electrons. The van der Waals surface area contributed by atoms with Gasteiger partial charge in [0.25, 0.3) is 0 Å². The fourth-order valence-electron chi connectivity index (χ4n) is 1.63. The predicted molar refractivity (Wildman–Crippen MR) is 74.1 cm³/mol. The lowest BCUT2D eigenvalue weighted by molar-refractivity contribution is 0.554. The molecular weight excluding hydrogens is 232 g/mol. The normalized spacial score (nSPS) is 10.8. The smallest absolute Gasteiger partial charge is 0.0352 e. The zero-order chi connectivity index (χ0) is 11.6. The summed E-state index contributed by atoms with van der Waals surface area (Å²) in [6, 6.07) is 12.3. The van der Waals surface area contributed by atoms with Gasteiger partial charge in [0.1, 0.15) is 0 Å². The fraction of sp³-hybridized carbons (Fsp3) is 0.214. The van der Waals surface area contributed by atoms with Crippen molar-refractivity contribution in [3.8, 4) is 11.1 Å². The second kappa shape index (κ2) is 5.30. The average Bonchev–Trinajstić information content (AvgIpc) is 2.29. The molecule has 3 heteroatoms. The molecule has 0 unspecified atom stereocenters. The van der Waals surface area contributed by atoms with Crippen molar-refractivity contribution in [3.63, 3.8) is 0 Å². The van der Waals surface area contributed by atoms with Crippen LogP contribution in [0, 0.1) is 0 Å². The highest BCUT2D eigenvalue weighted by Crippen LogP contribution is 2.22. The molecule has 0 bridgehead atoms. The third-order valence-electron chi connectivity index (χ3n) is 2.62. The van der Waals surface area contributed by atoms with Crippen LogP contribution in [0.1, 0.15) is 19.4 Å². The van der Waals surface area contributed by atoms with Crippen molar-refractivity contribution in [1.29, 1.82) is 0 Å². The lowest BCUT2D eigenvalue weighted by Crippen LogP contribution is -2.28. The first kappa shape index (κ1) is 13.7. The highest BCUT2D eigenvalue weighted by molar-refractivity contribution is 5.85. The molecule has 1 aromatic carbocycles. The van der Waals surface area contributed by atoms with E-state index in [2.05, 4.69) is 35.3 Å². The van der Waals surface area contributed by atoms with Crippen LogP contribution in [-0.2, 0) is 5.54 Å². The molecule has 0 fully saturated rings. The van der Waals surface area contributed by atoms with Gasteiger partial charge in [-0.3, -0.25) is 4.98 Å². The van der Waals surface area contributed by atoms with Gasteiger partial charge in [-0.1, -0.05) is 30.3 Å². The molecule has 0 saturated carbocycles. The number of hydrogen-bond acceptors (Lipinski definition) is 2. The van der Waals surface area contributed by atoms with Crippen LogP contribution in [0.25, 0.3) is 11.1 Å². The molecule has 2 N–H and O–H groups in total. The van der Waals surface area contributed by atoms with Gasteiger partial charge in [0, 0.05) is 17.9 Å². The number of aromatic nitrogens is 1. The SMILES string of the molecule is CC(C)(N)c1ccc(-c2cccnc2)cc1.Cl. The first-order valence-electron chi connectivity index (χ1n) is 5.37. The summed E-state index contributed by atoms with van der Waals surface area (Å²) in [5.74, 6) is 0. The largest absolute Gasteiger partial charge is 0.322 e. The van der Waals surface area contributed by atoms with Crippen LogP contribution >= 0.6 is 12.4 Å². The quantitative estimate of drug-likeness (QED) is 0.885. The Kier molecular flexibility index (Phi) is 4.27. The Bertz CT molecular complexity index is 458. The number of rotatable bonds is 2. The lowest BCUT2D eigenvalue weighted by atomic mass is 9.94. The van der Waals surface area contributed by atoms with Crippen LogP contribution in [0.3, 0.4) is 0 Å². The van der Waals surface area contributed by atoms with Crippen molar-refractivity contribution in [3.05, 3.63) is 54.4 Å². The van der Waals surface area contributed by atoms with E-state index in [1.165, 1.54) is 5.56 Å². The number of nitrogens with two attached hydrogens (primary N) is 1. The van der Waals surface area contributed by atoms with Gasteiger partial charge in [-0.15, -0.1) is 12.4 Å². The Morgan fingerprint density at radius 1 is 1.00 bits per heavy atom. The second-order valence-corrected chi connectivity index (χ2v) is 4.54. The Hall–Kier alpha value is -1.38. The standard InChI is InChI=1S/C14H16N2.ClH/c1-14(2,15)13-7-5-11(6-8-13)12-4-3-9-16-10-12;/h3-10H,15H2,1-2H3;1H. The molecule has 2 rings (SSSR count). The van der Waals surface area contributed by atoms with Gasteiger partial charge >= 0.3 is 0 Å². The average molecular weight is 249 g/mol. The number of benzene rings is 1. The van der Waals surface area contributed by atoms with Gasteiger partial charge in [-0.25, -0.2) is 0 Å². The van der Waals surface area contributed by atoms with Crippen molar-refractivity contribution in [1.82, 2.24) is 4.98 Å². The second-order valence-electron chi connectivity index (χ2n) is 4.54. The molecule has 1 aromatic heterocycles. The summed E-state index contributed by atoms with van der Waals surface area (Å²) in [5.41, 5.74) is 9.18. The summed E-state index contributed by atoms with van der Waals surface area (Å²) in [6.45, 7) is 4.01. The molecule has 90 valence electrons. The van der Waals surface area contributed by atoms with E-state index in [1.807, 2.05) is 26.1 Å². The van der Waals surface area contributed by atoms with E-state index in [0.717, 1.165) is 11.1 Å². The van der Waals surface area contributed by atoms with Crippen molar-refractivity contribution >= 4 is 12.4 Å². The summed E-state index contributed by atoms with van der Waals surface area (Å²) in [4.78, 5) is 4.11. The molecule has 0 aliphatic rings. The molecule has 2 aromatic rings. The van der Waals surface area contributed by atoms with Crippen LogP contribution in [-0.4, -0.2) is 4.98 Å². The molecule has 17 heavy (non-hydrogen) atoms. The van der Waals surface area contributed by atoms with Gasteiger partial charge in [-0.05, 0) is 36.6 Å². The van der Waals surface area contributed by atoms with E-state index in [1.54, 1.807) is 6.20 Å². The Morgan fingerprint density at radius 2 is 1.65 bits per heavy atom. The van der Waals surface area contributed by atoms with Crippen molar-refractivity contribution < 1.29 is 0 Å². The molecule has 0 spiro atoms. The summed E-state index contributed by atoms with van der Waals surface area (Å²) in [6.07, 6.45) is 3.64. The van der Waals surface area contributed by atoms with Crippen LogP contribution in [0.4, 0.5) is 0 Å². The van der Waals surface area contributed by atoms with E-state index in [-0.39, 0.29) is 17.9 Å². The number of pyridine rings is 1. The Balaban J connectivity index is 0.00000144. The maximum absolute atomic E-state index is 6.03. The van der Waals surface area contributed by atoms with E-state index < -0.39 is 0 Å². The minimum atomic E-state index is -0.284. The summed E-state index contributed by atoms with van der Waals surface area (Å²) in [5, 5.41) is 0. The zero-order valence-corrected chi connectivity index (χ0v) is 10.9. The van der Waals surface area contributed by atoms with Gasteiger partial charge in [0.2, 0.25) is 0 Å². The van der Waals surface area contributed by atoms with Crippen LogP contribution in [0.5, 0.6) is 0 Å². The van der Waals surface area contributed by atoms with Gasteiger partial charge in [-0.2, -0.15) is 0 Å². The Labute approximate surface area is 108 Å². The minimum absolute atomic E-state index is 0. The van der Waals surface area contributed by atoms with Crippen LogP contribution < -0.4 is 5.73 Å². The number of nitrogens with zero attached hydrogens (tertiary/aromatic N) is 1. The minimum Gasteiger partial charge on any atom is -0.322 e. The Morgan fingerprint density at radius 3 is 2.12 bits per heavy atom. The van der Waals surface area contributed by atoms with E-state index in [4.69, 9.17) is 5.73 Å². The molecule has 1 heterocycles. The van der Waals surface area contributed by atoms with Crippen LogP contribution in [0.15, 0.2) is 48.8 Å². The summed E-state index contributed by atoms with van der Waals surface area (Å²) < 4.78 is 0. The van der Waals surface area contributed by atoms with Gasteiger partial charge in [0.05, 0.1) is 0 Å².